The lowest BCUT2D eigenvalue weighted by molar-refractivity contribution is -0.139. The maximum atomic E-state index is 10.7. The Bertz CT molecular complexity index is 107. The fraction of sp³-hybridized carbons (Fsp3) is 0.833. The molecule has 4 nitrogen and oxygen atoms in total. The lowest BCUT2D eigenvalue weighted by Crippen LogP contribution is -2.15. The summed E-state index contributed by atoms with van der Waals surface area (Å²) in [6.07, 6.45) is 0. The molecule has 0 rings (SSSR count). The van der Waals surface area contributed by atoms with Crippen LogP contribution in [0.5, 0.6) is 0 Å². The highest BCUT2D eigenvalue weighted by Gasteiger charge is 1.99. The summed E-state index contributed by atoms with van der Waals surface area (Å²) in [5.41, 5.74) is 0. The van der Waals surface area contributed by atoms with Crippen molar-refractivity contribution in [2.45, 2.75) is 6.55 Å². The van der Waals surface area contributed by atoms with Gasteiger partial charge in [0.25, 0.3) is 0 Å². The lowest BCUT2D eigenvalue weighted by atomic mass is 10.7. The number of rotatable bonds is 6. The minimum atomic E-state index is -0.634. The molecule has 5 heteroatoms. The van der Waals surface area contributed by atoms with Crippen LogP contribution in [0.4, 0.5) is 0 Å². The van der Waals surface area contributed by atoms with Crippen molar-refractivity contribution in [1.29, 1.82) is 0 Å². The summed E-state index contributed by atoms with van der Waals surface area (Å²) >= 11 is 0. The minimum absolute atomic E-state index is 0.0458. The number of hydrogen-bond acceptors (Lipinski definition) is 4. The van der Waals surface area contributed by atoms with Gasteiger partial charge in [-0.1, -0.05) is 0 Å². The van der Waals surface area contributed by atoms with Crippen LogP contribution in [-0.2, 0) is 18.7 Å². The van der Waals surface area contributed by atoms with E-state index in [2.05, 4.69) is 0 Å². The Hall–Kier alpha value is -0.393. The number of methoxy groups -OCH3 is 1. The maximum Gasteiger partial charge on any atom is 0.318 e. The first kappa shape index (κ1) is 10.6. The molecule has 0 bridgehead atoms. The molecule has 0 radical (unpaired) electrons. The van der Waals surface area contributed by atoms with E-state index < -0.39 is 9.76 Å². The third-order valence-electron chi connectivity index (χ3n) is 0.957. The normalized spacial score (nSPS) is 10.7. The van der Waals surface area contributed by atoms with Crippen LogP contribution in [-0.4, -0.2) is 42.7 Å². The maximum absolute atomic E-state index is 10.7. The van der Waals surface area contributed by atoms with E-state index in [1.165, 1.54) is 0 Å². The smallest absolute Gasteiger partial charge is 0.318 e. The van der Waals surface area contributed by atoms with E-state index in [-0.39, 0.29) is 12.6 Å². The Labute approximate surface area is 68.8 Å². The van der Waals surface area contributed by atoms with Crippen LogP contribution in [0.15, 0.2) is 0 Å². The predicted octanol–water partition coefficient (Wildman–Crippen LogP) is -0.675. The molecule has 0 heterocycles. The Kier molecular flexibility index (Phi) is 7.44. The summed E-state index contributed by atoms with van der Waals surface area (Å²) < 4.78 is 14.4. The topological polar surface area (TPSA) is 44.8 Å². The molecule has 11 heavy (non-hydrogen) atoms. The summed E-state index contributed by atoms with van der Waals surface area (Å²) in [5, 5.41) is 0. The molecule has 0 aliphatic carbocycles. The lowest BCUT2D eigenvalue weighted by Gasteiger charge is -2.02. The molecule has 0 N–H and O–H groups in total. The molecule has 66 valence electrons. The van der Waals surface area contributed by atoms with Crippen molar-refractivity contribution in [3.05, 3.63) is 0 Å². The van der Waals surface area contributed by atoms with Crippen molar-refractivity contribution in [2.24, 2.45) is 0 Å². The van der Waals surface area contributed by atoms with Crippen LogP contribution >= 0.6 is 0 Å². The highest BCUT2D eigenvalue weighted by molar-refractivity contribution is 6.28. The SMILES string of the molecule is COCCOCC(=O)O[SiH2]C. The van der Waals surface area contributed by atoms with E-state index in [4.69, 9.17) is 13.9 Å². The van der Waals surface area contributed by atoms with E-state index in [0.29, 0.717) is 13.2 Å². The Morgan fingerprint density at radius 1 is 1.45 bits per heavy atom. The molecular weight excluding hydrogens is 164 g/mol. The average molecular weight is 178 g/mol. The Morgan fingerprint density at radius 3 is 2.73 bits per heavy atom. The van der Waals surface area contributed by atoms with Crippen molar-refractivity contribution < 1.29 is 18.7 Å². The van der Waals surface area contributed by atoms with Crippen LogP contribution in [0.3, 0.4) is 0 Å². The van der Waals surface area contributed by atoms with Gasteiger partial charge in [0.15, 0.2) is 0 Å². The molecule has 0 amide bonds. The third-order valence-corrected chi connectivity index (χ3v) is 1.57. The van der Waals surface area contributed by atoms with Gasteiger partial charge in [-0.15, -0.1) is 0 Å². The van der Waals surface area contributed by atoms with Crippen molar-refractivity contribution in [3.8, 4) is 0 Å². The zero-order valence-corrected chi connectivity index (χ0v) is 8.38. The molecule has 0 aromatic carbocycles. The molecule has 0 aromatic rings. The largest absolute Gasteiger partial charge is 0.524 e. The van der Waals surface area contributed by atoms with Gasteiger partial charge in [-0.2, -0.15) is 0 Å². The van der Waals surface area contributed by atoms with E-state index >= 15 is 0 Å². The molecule has 0 saturated carbocycles. The molecule has 0 aromatic heterocycles. The fourth-order valence-electron chi connectivity index (χ4n) is 0.500. The summed E-state index contributed by atoms with van der Waals surface area (Å²) in [7, 11) is 0.950. The second-order valence-electron chi connectivity index (χ2n) is 1.85. The molecule has 0 aliphatic heterocycles. The van der Waals surface area contributed by atoms with E-state index in [1.807, 2.05) is 6.55 Å². The van der Waals surface area contributed by atoms with Gasteiger partial charge in [-0.25, -0.2) is 0 Å². The van der Waals surface area contributed by atoms with Gasteiger partial charge in [-0.3, -0.25) is 4.79 Å². The van der Waals surface area contributed by atoms with Gasteiger partial charge < -0.3 is 13.9 Å². The van der Waals surface area contributed by atoms with Gasteiger partial charge in [0, 0.05) is 7.11 Å². The number of ether oxygens (including phenoxy) is 2. The molecular formula is C6H14O4Si. The van der Waals surface area contributed by atoms with Crippen LogP contribution in [0.2, 0.25) is 6.55 Å². The molecule has 0 fully saturated rings. The summed E-state index contributed by atoms with van der Waals surface area (Å²) in [6, 6.07) is 0. The van der Waals surface area contributed by atoms with Crippen LogP contribution in [0, 0.1) is 0 Å². The highest BCUT2D eigenvalue weighted by Crippen LogP contribution is 1.80. The highest BCUT2D eigenvalue weighted by atomic mass is 28.2. The first-order valence-electron chi connectivity index (χ1n) is 3.53. The number of hydrogen-bond donors (Lipinski definition) is 0. The molecule has 0 spiro atoms. The molecule has 0 unspecified atom stereocenters. The van der Waals surface area contributed by atoms with Gasteiger partial charge in [0.05, 0.1) is 13.2 Å². The Morgan fingerprint density at radius 2 is 2.18 bits per heavy atom. The quantitative estimate of drug-likeness (QED) is 0.399. The fourth-order valence-corrected chi connectivity index (χ4v) is 0.906. The second-order valence-corrected chi connectivity index (χ2v) is 2.72. The molecule has 0 atom stereocenters. The summed E-state index contributed by atoms with van der Waals surface area (Å²) in [6.45, 7) is 2.89. The number of carbonyl (C=O) groups excluding carboxylic acids is 1. The van der Waals surface area contributed by atoms with Gasteiger partial charge in [-0.05, 0) is 6.55 Å². The van der Waals surface area contributed by atoms with Crippen LogP contribution in [0.25, 0.3) is 0 Å². The molecule has 0 aliphatic rings. The zero-order chi connectivity index (χ0) is 8.53. The average Bonchev–Trinajstić information content (AvgIpc) is 1.99. The zero-order valence-electron chi connectivity index (χ0n) is 6.96. The van der Waals surface area contributed by atoms with Crippen molar-refractivity contribution >= 4 is 15.7 Å². The van der Waals surface area contributed by atoms with E-state index in [9.17, 15) is 4.79 Å². The molecule has 0 saturated heterocycles. The second kappa shape index (κ2) is 7.71. The van der Waals surface area contributed by atoms with Gasteiger partial charge >= 0.3 is 5.97 Å². The monoisotopic (exact) mass is 178 g/mol. The number of carbonyl (C=O) groups is 1. The third kappa shape index (κ3) is 7.50. The van der Waals surface area contributed by atoms with E-state index in [0.717, 1.165) is 0 Å². The predicted molar refractivity (Wildman–Crippen MR) is 43.2 cm³/mol. The van der Waals surface area contributed by atoms with Crippen molar-refractivity contribution in [1.82, 2.24) is 0 Å². The first-order valence-corrected chi connectivity index (χ1v) is 5.52. The van der Waals surface area contributed by atoms with Crippen LogP contribution < -0.4 is 0 Å². The Balaban J connectivity index is 3.04. The standard InChI is InChI=1S/C6H14O4Si/c1-8-3-4-9-5-6(7)10-11-2/h3-5,11H2,1-2H3. The minimum Gasteiger partial charge on any atom is -0.524 e. The van der Waals surface area contributed by atoms with Crippen molar-refractivity contribution in [3.63, 3.8) is 0 Å². The first-order chi connectivity index (χ1) is 5.31. The summed E-state index contributed by atoms with van der Waals surface area (Å²) in [5.74, 6) is -0.268. The summed E-state index contributed by atoms with van der Waals surface area (Å²) in [4.78, 5) is 10.7. The van der Waals surface area contributed by atoms with Gasteiger partial charge in [0.1, 0.15) is 6.61 Å². The van der Waals surface area contributed by atoms with Crippen molar-refractivity contribution in [2.75, 3.05) is 26.9 Å². The van der Waals surface area contributed by atoms with E-state index in [1.54, 1.807) is 7.11 Å². The van der Waals surface area contributed by atoms with Crippen LogP contribution in [0.1, 0.15) is 0 Å². The van der Waals surface area contributed by atoms with Gasteiger partial charge in [0.2, 0.25) is 9.76 Å².